The van der Waals surface area contributed by atoms with Crippen molar-refractivity contribution in [3.63, 3.8) is 0 Å². The summed E-state index contributed by atoms with van der Waals surface area (Å²) in [5.74, 6) is 1.64. The van der Waals surface area contributed by atoms with E-state index in [-0.39, 0.29) is 0 Å². The molecule has 0 bridgehead atoms. The molecule has 0 unspecified atom stereocenters. The predicted octanol–water partition coefficient (Wildman–Crippen LogP) is 6.04. The van der Waals surface area contributed by atoms with Gasteiger partial charge in [-0.05, 0) is 80.5 Å². The van der Waals surface area contributed by atoms with Gasteiger partial charge in [0.2, 0.25) is 11.5 Å². The normalized spacial score (nSPS) is 11.4. The molecule has 2 N–H and O–H groups in total. The maximum Gasteiger partial charge on any atom is 0.250 e. The zero-order chi connectivity index (χ0) is 21.4. The van der Waals surface area contributed by atoms with E-state index < -0.39 is 0 Å². The van der Waals surface area contributed by atoms with Crippen molar-refractivity contribution in [2.75, 3.05) is 5.32 Å². The lowest BCUT2D eigenvalue weighted by molar-refractivity contribution is -0.465. The molecule has 0 amide bonds. The minimum Gasteiger partial charge on any atom is -0.273 e. The Morgan fingerprint density at radius 3 is 2.53 bits per heavy atom. The molecule has 0 aliphatic carbocycles. The van der Waals surface area contributed by atoms with Crippen LogP contribution in [0, 0.1) is 38.0 Å². The summed E-state index contributed by atoms with van der Waals surface area (Å²) in [5, 5.41) is 13.7. The van der Waals surface area contributed by atoms with E-state index >= 15 is 0 Å². The Balaban J connectivity index is 2.04. The number of rotatable bonds is 5. The number of anilines is 2. The largest absolute Gasteiger partial charge is 0.273 e. The number of aromatic amines is 1. The summed E-state index contributed by atoms with van der Waals surface area (Å²) in [6.07, 6.45) is 2.00. The molecule has 2 heterocycles. The van der Waals surface area contributed by atoms with Crippen molar-refractivity contribution >= 4 is 28.2 Å². The third-order valence-corrected chi connectivity index (χ3v) is 6.05. The number of para-hydroxylation sites is 2. The molecule has 0 aliphatic heterocycles. The van der Waals surface area contributed by atoms with Crippen LogP contribution in [0.3, 0.4) is 0 Å². The predicted molar refractivity (Wildman–Crippen MR) is 123 cm³/mol. The van der Waals surface area contributed by atoms with Crippen LogP contribution in [0.25, 0.3) is 16.7 Å². The molecule has 0 spiro atoms. The van der Waals surface area contributed by atoms with E-state index in [1.807, 2.05) is 12.1 Å². The van der Waals surface area contributed by atoms with Gasteiger partial charge < -0.3 is 0 Å². The first-order chi connectivity index (χ1) is 14.4. The zero-order valence-electron chi connectivity index (χ0n) is 18.4. The van der Waals surface area contributed by atoms with Crippen LogP contribution in [-0.2, 0) is 6.42 Å². The molecule has 0 aliphatic rings. The fraction of sp³-hybridized carbons (Fsp3) is 0.308. The SMILES string of the molecule is Cc1ccc(Nc2c(CCC(C)C)c(C)c(C#N)c3[nH]c4ccccc4[n+]23)cc1C. The van der Waals surface area contributed by atoms with E-state index in [1.165, 1.54) is 16.7 Å². The van der Waals surface area contributed by atoms with Crippen LogP contribution >= 0.6 is 0 Å². The fourth-order valence-electron chi connectivity index (χ4n) is 4.09. The molecular formula is C26H29N4+. The second kappa shape index (κ2) is 7.84. The van der Waals surface area contributed by atoms with Crippen molar-refractivity contribution < 1.29 is 4.40 Å². The summed E-state index contributed by atoms with van der Waals surface area (Å²) >= 11 is 0. The van der Waals surface area contributed by atoms with Crippen molar-refractivity contribution in [1.82, 2.24) is 4.98 Å². The molecule has 0 radical (unpaired) electrons. The lowest BCUT2D eigenvalue weighted by atomic mass is 9.96. The van der Waals surface area contributed by atoms with E-state index in [1.54, 1.807) is 0 Å². The number of nitriles is 1. The number of hydrogen-bond donors (Lipinski definition) is 2. The molecule has 0 atom stereocenters. The molecule has 2 aromatic carbocycles. The highest BCUT2D eigenvalue weighted by Gasteiger charge is 2.26. The van der Waals surface area contributed by atoms with Crippen LogP contribution in [0.5, 0.6) is 0 Å². The molecule has 30 heavy (non-hydrogen) atoms. The molecule has 152 valence electrons. The van der Waals surface area contributed by atoms with E-state index in [9.17, 15) is 5.26 Å². The van der Waals surface area contributed by atoms with Crippen molar-refractivity contribution in [2.24, 2.45) is 5.92 Å². The van der Waals surface area contributed by atoms with E-state index in [0.717, 1.165) is 52.2 Å². The number of H-pyrrole nitrogens is 1. The number of nitrogens with zero attached hydrogens (tertiary/aromatic N) is 2. The number of fused-ring (bicyclic) bond motifs is 3. The molecule has 0 fully saturated rings. The van der Waals surface area contributed by atoms with Crippen molar-refractivity contribution in [1.29, 1.82) is 5.26 Å². The van der Waals surface area contributed by atoms with Gasteiger partial charge in [0.05, 0.1) is 5.69 Å². The van der Waals surface area contributed by atoms with Gasteiger partial charge in [0, 0.05) is 5.56 Å². The van der Waals surface area contributed by atoms with Crippen molar-refractivity contribution in [3.8, 4) is 6.07 Å². The lowest BCUT2D eigenvalue weighted by Crippen LogP contribution is -2.29. The molecular weight excluding hydrogens is 368 g/mol. The van der Waals surface area contributed by atoms with Gasteiger partial charge in [0.15, 0.2) is 0 Å². The Bertz CT molecular complexity index is 1290. The standard InChI is InChI=1S/C26H28N4/c1-16(2)10-13-21-19(5)22(15-27)26-29-23-8-6-7-9-24(23)30(26)25(21)28-20-12-11-17(3)18(4)14-20/h6-9,11-12,14,16H,10,13H2,1-5H3,(H,28,29)/p+1. The number of nitrogens with one attached hydrogen (secondary N) is 2. The molecule has 0 saturated carbocycles. The Kier molecular flexibility index (Phi) is 5.22. The Hall–Kier alpha value is -3.32. The van der Waals surface area contributed by atoms with Gasteiger partial charge in [-0.2, -0.15) is 9.66 Å². The van der Waals surface area contributed by atoms with E-state index in [0.29, 0.717) is 5.92 Å². The number of aryl methyl sites for hydroxylation is 2. The number of pyridine rings is 1. The minimum absolute atomic E-state index is 0.591. The average molecular weight is 398 g/mol. The quantitative estimate of drug-likeness (QED) is 0.404. The van der Waals surface area contributed by atoms with Crippen LogP contribution in [-0.4, -0.2) is 4.98 Å². The third kappa shape index (κ3) is 3.41. The van der Waals surface area contributed by atoms with Gasteiger partial charge in [-0.1, -0.05) is 32.0 Å². The second-order valence-corrected chi connectivity index (χ2v) is 8.62. The molecule has 2 aromatic heterocycles. The highest BCUT2D eigenvalue weighted by molar-refractivity contribution is 5.78. The zero-order valence-corrected chi connectivity index (χ0v) is 18.4. The summed E-state index contributed by atoms with van der Waals surface area (Å²) in [5.41, 5.74) is 9.52. The fourth-order valence-corrected chi connectivity index (χ4v) is 4.09. The van der Waals surface area contributed by atoms with Gasteiger partial charge in [-0.15, -0.1) is 0 Å². The van der Waals surface area contributed by atoms with Gasteiger partial charge >= 0.3 is 0 Å². The summed E-state index contributed by atoms with van der Waals surface area (Å²) in [7, 11) is 0. The number of aromatic nitrogens is 2. The van der Waals surface area contributed by atoms with Crippen LogP contribution in [0.15, 0.2) is 42.5 Å². The van der Waals surface area contributed by atoms with E-state index in [4.69, 9.17) is 0 Å². The molecule has 4 aromatic rings. The highest BCUT2D eigenvalue weighted by atomic mass is 15.1. The molecule has 4 heteroatoms. The molecule has 4 rings (SSSR count). The summed E-state index contributed by atoms with van der Waals surface area (Å²) in [6, 6.07) is 17.2. The Labute approximate surface area is 178 Å². The third-order valence-electron chi connectivity index (χ3n) is 6.05. The number of benzene rings is 2. The monoisotopic (exact) mass is 397 g/mol. The first-order valence-electron chi connectivity index (χ1n) is 10.6. The first kappa shape index (κ1) is 20.0. The minimum atomic E-state index is 0.591. The smallest absolute Gasteiger partial charge is 0.250 e. The van der Waals surface area contributed by atoms with Crippen LogP contribution < -0.4 is 9.72 Å². The van der Waals surface area contributed by atoms with Gasteiger partial charge in [-0.3, -0.25) is 10.3 Å². The van der Waals surface area contributed by atoms with Crippen LogP contribution in [0.2, 0.25) is 0 Å². The number of hydrogen-bond acceptors (Lipinski definition) is 2. The average Bonchev–Trinajstić information content (AvgIpc) is 3.09. The Morgan fingerprint density at radius 1 is 1.07 bits per heavy atom. The number of imidazole rings is 1. The molecule has 0 saturated heterocycles. The molecule has 4 nitrogen and oxygen atoms in total. The van der Waals surface area contributed by atoms with Crippen LogP contribution in [0.4, 0.5) is 11.5 Å². The topological polar surface area (TPSA) is 55.7 Å². The van der Waals surface area contributed by atoms with Crippen LogP contribution in [0.1, 0.15) is 48.1 Å². The second-order valence-electron chi connectivity index (χ2n) is 8.62. The summed E-state index contributed by atoms with van der Waals surface area (Å²) in [4.78, 5) is 3.48. The van der Waals surface area contributed by atoms with Crippen molar-refractivity contribution in [2.45, 2.75) is 47.5 Å². The Morgan fingerprint density at radius 2 is 1.83 bits per heavy atom. The van der Waals surface area contributed by atoms with E-state index in [2.05, 4.69) is 85.7 Å². The summed E-state index contributed by atoms with van der Waals surface area (Å²) < 4.78 is 2.19. The van der Waals surface area contributed by atoms with Crippen molar-refractivity contribution in [3.05, 3.63) is 70.3 Å². The highest BCUT2D eigenvalue weighted by Crippen LogP contribution is 2.29. The van der Waals surface area contributed by atoms with Gasteiger partial charge in [0.1, 0.15) is 22.7 Å². The maximum atomic E-state index is 9.99. The lowest BCUT2D eigenvalue weighted by Gasteiger charge is -2.15. The summed E-state index contributed by atoms with van der Waals surface area (Å²) in [6.45, 7) is 10.8. The first-order valence-corrected chi connectivity index (χ1v) is 10.6. The van der Waals surface area contributed by atoms with Gasteiger partial charge in [-0.25, -0.2) is 0 Å². The maximum absolute atomic E-state index is 9.99. The van der Waals surface area contributed by atoms with Gasteiger partial charge in [0.25, 0.3) is 0 Å².